The van der Waals surface area contributed by atoms with Crippen molar-refractivity contribution in [1.29, 1.82) is 0 Å². The van der Waals surface area contributed by atoms with Crippen LogP contribution in [-0.4, -0.2) is 16.7 Å². The summed E-state index contributed by atoms with van der Waals surface area (Å²) in [5, 5.41) is 10.1. The van der Waals surface area contributed by atoms with Gasteiger partial charge in [-0.2, -0.15) is 0 Å². The van der Waals surface area contributed by atoms with E-state index in [0.29, 0.717) is 5.92 Å². The van der Waals surface area contributed by atoms with Gasteiger partial charge in [0.05, 0.1) is 5.60 Å². The van der Waals surface area contributed by atoms with Gasteiger partial charge in [-0.1, -0.05) is 20.3 Å². The number of rotatable bonds is 4. The SMILES string of the molecule is CCC(O)(CC)C(N)C1CCC1. The van der Waals surface area contributed by atoms with Gasteiger partial charge < -0.3 is 10.8 Å². The Bertz CT molecular complexity index is 139. The van der Waals surface area contributed by atoms with Crippen LogP contribution >= 0.6 is 0 Å². The first-order chi connectivity index (χ1) is 5.64. The van der Waals surface area contributed by atoms with Crippen LogP contribution in [0.25, 0.3) is 0 Å². The third-order valence-corrected chi connectivity index (χ3v) is 3.50. The zero-order chi connectivity index (χ0) is 9.19. The molecule has 12 heavy (non-hydrogen) atoms. The van der Waals surface area contributed by atoms with Crippen LogP contribution < -0.4 is 5.73 Å². The van der Waals surface area contributed by atoms with E-state index in [1.165, 1.54) is 19.3 Å². The van der Waals surface area contributed by atoms with E-state index in [2.05, 4.69) is 0 Å². The Kier molecular flexibility index (Phi) is 3.13. The van der Waals surface area contributed by atoms with Crippen LogP contribution in [-0.2, 0) is 0 Å². The van der Waals surface area contributed by atoms with Crippen molar-refractivity contribution in [3.05, 3.63) is 0 Å². The Morgan fingerprint density at radius 1 is 1.42 bits per heavy atom. The molecule has 0 aromatic rings. The summed E-state index contributed by atoms with van der Waals surface area (Å²) in [4.78, 5) is 0. The normalized spacial score (nSPS) is 22.0. The van der Waals surface area contributed by atoms with E-state index < -0.39 is 5.60 Å². The molecule has 72 valence electrons. The Hall–Kier alpha value is -0.0800. The third kappa shape index (κ3) is 1.64. The van der Waals surface area contributed by atoms with Crippen molar-refractivity contribution in [2.24, 2.45) is 11.7 Å². The first-order valence-electron chi connectivity index (χ1n) is 5.12. The summed E-state index contributed by atoms with van der Waals surface area (Å²) in [7, 11) is 0. The summed E-state index contributed by atoms with van der Waals surface area (Å²) in [6.07, 6.45) is 5.27. The largest absolute Gasteiger partial charge is 0.388 e. The van der Waals surface area contributed by atoms with E-state index in [0.717, 1.165) is 12.8 Å². The van der Waals surface area contributed by atoms with Gasteiger partial charge in [0.25, 0.3) is 0 Å². The molecule has 1 atom stereocenters. The van der Waals surface area contributed by atoms with Crippen molar-refractivity contribution in [2.45, 2.75) is 57.6 Å². The molecule has 0 amide bonds. The maximum Gasteiger partial charge on any atom is 0.0795 e. The molecular weight excluding hydrogens is 150 g/mol. The molecule has 1 unspecified atom stereocenters. The number of nitrogens with two attached hydrogens (primary N) is 1. The van der Waals surface area contributed by atoms with Gasteiger partial charge in [0.15, 0.2) is 0 Å². The van der Waals surface area contributed by atoms with Crippen molar-refractivity contribution in [3.8, 4) is 0 Å². The Morgan fingerprint density at radius 3 is 2.17 bits per heavy atom. The summed E-state index contributed by atoms with van der Waals surface area (Å²) < 4.78 is 0. The topological polar surface area (TPSA) is 46.2 Å². The highest BCUT2D eigenvalue weighted by atomic mass is 16.3. The second kappa shape index (κ2) is 3.75. The third-order valence-electron chi connectivity index (χ3n) is 3.50. The van der Waals surface area contributed by atoms with Crippen molar-refractivity contribution in [1.82, 2.24) is 0 Å². The summed E-state index contributed by atoms with van der Waals surface area (Å²) in [5.41, 5.74) is 5.42. The molecule has 1 rings (SSSR count). The fourth-order valence-electron chi connectivity index (χ4n) is 1.96. The fraction of sp³-hybridized carbons (Fsp3) is 1.00. The predicted molar refractivity (Wildman–Crippen MR) is 50.8 cm³/mol. The zero-order valence-electron chi connectivity index (χ0n) is 8.21. The van der Waals surface area contributed by atoms with E-state index >= 15 is 0 Å². The average molecular weight is 171 g/mol. The Morgan fingerprint density at radius 2 is 1.92 bits per heavy atom. The number of hydrogen-bond donors (Lipinski definition) is 2. The van der Waals surface area contributed by atoms with Gasteiger partial charge in [-0.3, -0.25) is 0 Å². The van der Waals surface area contributed by atoms with Gasteiger partial charge in [-0.15, -0.1) is 0 Å². The lowest BCUT2D eigenvalue weighted by molar-refractivity contribution is -0.0248. The van der Waals surface area contributed by atoms with Crippen LogP contribution in [0.1, 0.15) is 46.0 Å². The molecule has 1 aliphatic rings. The van der Waals surface area contributed by atoms with E-state index in [4.69, 9.17) is 5.73 Å². The summed E-state index contributed by atoms with van der Waals surface area (Å²) >= 11 is 0. The minimum absolute atomic E-state index is 0.00116. The molecule has 0 heterocycles. The van der Waals surface area contributed by atoms with Crippen molar-refractivity contribution in [3.63, 3.8) is 0 Å². The maximum absolute atomic E-state index is 10.1. The average Bonchev–Trinajstić information content (AvgIpc) is 2.00. The molecule has 2 heteroatoms. The highest BCUT2D eigenvalue weighted by Crippen LogP contribution is 2.35. The molecule has 2 nitrogen and oxygen atoms in total. The van der Waals surface area contributed by atoms with Crippen LogP contribution in [0.2, 0.25) is 0 Å². The second-order valence-corrected chi connectivity index (χ2v) is 4.03. The van der Waals surface area contributed by atoms with Gasteiger partial charge in [0.1, 0.15) is 0 Å². The molecule has 0 radical (unpaired) electrons. The lowest BCUT2D eigenvalue weighted by atomic mass is 9.72. The molecule has 1 saturated carbocycles. The van der Waals surface area contributed by atoms with E-state index in [1.807, 2.05) is 13.8 Å². The highest BCUT2D eigenvalue weighted by molar-refractivity contribution is 4.94. The first kappa shape index (κ1) is 10.0. The zero-order valence-corrected chi connectivity index (χ0v) is 8.21. The molecule has 0 saturated heterocycles. The molecule has 0 aromatic heterocycles. The lowest BCUT2D eigenvalue weighted by Crippen LogP contribution is -2.53. The fourth-order valence-corrected chi connectivity index (χ4v) is 1.96. The molecular formula is C10H21NO. The quantitative estimate of drug-likeness (QED) is 0.676. The summed E-state index contributed by atoms with van der Waals surface area (Å²) in [5.74, 6) is 0.579. The summed E-state index contributed by atoms with van der Waals surface area (Å²) in [6, 6.07) is 0.00116. The van der Waals surface area contributed by atoms with E-state index in [1.54, 1.807) is 0 Å². The van der Waals surface area contributed by atoms with Crippen molar-refractivity contribution in [2.75, 3.05) is 0 Å². The summed E-state index contributed by atoms with van der Waals surface area (Å²) in [6.45, 7) is 4.03. The lowest BCUT2D eigenvalue weighted by Gasteiger charge is -2.41. The number of hydrogen-bond acceptors (Lipinski definition) is 2. The first-order valence-corrected chi connectivity index (χ1v) is 5.12. The van der Waals surface area contributed by atoms with E-state index in [-0.39, 0.29) is 6.04 Å². The van der Waals surface area contributed by atoms with Crippen molar-refractivity contribution < 1.29 is 5.11 Å². The minimum Gasteiger partial charge on any atom is -0.388 e. The Balaban J connectivity index is 2.51. The van der Waals surface area contributed by atoms with Crippen LogP contribution in [0.4, 0.5) is 0 Å². The molecule has 0 spiro atoms. The van der Waals surface area contributed by atoms with Crippen LogP contribution in [0.15, 0.2) is 0 Å². The maximum atomic E-state index is 10.1. The molecule has 0 aliphatic heterocycles. The van der Waals surface area contributed by atoms with Crippen molar-refractivity contribution >= 4 is 0 Å². The van der Waals surface area contributed by atoms with Crippen LogP contribution in [0.3, 0.4) is 0 Å². The second-order valence-electron chi connectivity index (χ2n) is 4.03. The molecule has 1 aliphatic carbocycles. The Labute approximate surface area is 75.2 Å². The van der Waals surface area contributed by atoms with Crippen LogP contribution in [0.5, 0.6) is 0 Å². The van der Waals surface area contributed by atoms with Gasteiger partial charge in [0.2, 0.25) is 0 Å². The monoisotopic (exact) mass is 171 g/mol. The molecule has 1 fully saturated rings. The predicted octanol–water partition coefficient (Wildman–Crippen LogP) is 1.66. The van der Waals surface area contributed by atoms with Gasteiger partial charge in [0, 0.05) is 6.04 Å². The van der Waals surface area contributed by atoms with Crippen LogP contribution in [0, 0.1) is 5.92 Å². The smallest absolute Gasteiger partial charge is 0.0795 e. The van der Waals surface area contributed by atoms with Gasteiger partial charge in [-0.25, -0.2) is 0 Å². The van der Waals surface area contributed by atoms with Gasteiger partial charge >= 0.3 is 0 Å². The van der Waals surface area contributed by atoms with E-state index in [9.17, 15) is 5.11 Å². The number of aliphatic hydroxyl groups is 1. The standard InChI is InChI=1S/C10H21NO/c1-3-10(12,4-2)9(11)8-6-5-7-8/h8-9,12H,3-7,11H2,1-2H3. The van der Waals surface area contributed by atoms with Gasteiger partial charge in [-0.05, 0) is 31.6 Å². The minimum atomic E-state index is -0.606. The molecule has 0 bridgehead atoms. The molecule has 0 aromatic carbocycles. The molecule has 3 N–H and O–H groups in total. The highest BCUT2D eigenvalue weighted by Gasteiger charge is 2.38.